The molecule has 2 aromatic rings. The molecule has 0 bridgehead atoms. The fourth-order valence-electron chi connectivity index (χ4n) is 2.06. The van der Waals surface area contributed by atoms with Crippen LogP contribution in [-0.2, 0) is 7.05 Å². The second-order valence-electron chi connectivity index (χ2n) is 4.61. The molecule has 1 fully saturated rings. The van der Waals surface area contributed by atoms with Crippen LogP contribution in [0.3, 0.4) is 0 Å². The monoisotopic (exact) mass is 228 g/mol. The molecule has 1 aromatic heterocycles. The maximum atomic E-state index is 6.18. The van der Waals surface area contributed by atoms with Crippen LogP contribution in [0.5, 0.6) is 0 Å². The van der Waals surface area contributed by atoms with Crippen molar-refractivity contribution >= 4 is 0 Å². The van der Waals surface area contributed by atoms with Gasteiger partial charge in [-0.3, -0.25) is 4.68 Å². The number of hydrogen-bond acceptors (Lipinski definition) is 3. The number of nitrogens with zero attached hydrogens (tertiary/aromatic N) is 3. The van der Waals surface area contributed by atoms with E-state index in [1.807, 2.05) is 42.1 Å². The lowest BCUT2D eigenvalue weighted by Crippen LogP contribution is -2.13. The van der Waals surface area contributed by atoms with E-state index in [1.54, 1.807) is 0 Å². The molecule has 0 aliphatic heterocycles. The third-order valence-electron chi connectivity index (χ3n) is 3.19. The standard InChI is InChI=1S/C13H16N4/c1-17-13(10-7-8-10)15-12(16-17)11(14)9-5-3-2-4-6-9/h2-6,10-11H,7-8,14H2,1H3. The Hall–Kier alpha value is -1.68. The second-order valence-corrected chi connectivity index (χ2v) is 4.61. The first-order valence-electron chi connectivity index (χ1n) is 5.97. The van der Waals surface area contributed by atoms with Gasteiger partial charge in [-0.15, -0.1) is 0 Å². The number of aromatic nitrogens is 3. The molecule has 88 valence electrons. The molecular formula is C13H16N4. The average Bonchev–Trinajstić information content (AvgIpc) is 3.13. The van der Waals surface area contributed by atoms with Crippen LogP contribution in [0, 0.1) is 0 Å². The van der Waals surface area contributed by atoms with Crippen molar-refractivity contribution in [3.8, 4) is 0 Å². The summed E-state index contributed by atoms with van der Waals surface area (Å²) in [4.78, 5) is 4.57. The molecule has 0 saturated heterocycles. The van der Waals surface area contributed by atoms with Gasteiger partial charge in [-0.1, -0.05) is 30.3 Å². The summed E-state index contributed by atoms with van der Waals surface area (Å²) in [5.74, 6) is 2.40. The summed E-state index contributed by atoms with van der Waals surface area (Å²) in [5.41, 5.74) is 7.24. The van der Waals surface area contributed by atoms with Crippen LogP contribution in [0.1, 0.15) is 42.0 Å². The number of hydrogen-bond donors (Lipinski definition) is 1. The summed E-state index contributed by atoms with van der Waals surface area (Å²) in [6, 6.07) is 9.75. The zero-order valence-corrected chi connectivity index (χ0v) is 9.87. The zero-order valence-electron chi connectivity index (χ0n) is 9.87. The lowest BCUT2D eigenvalue weighted by atomic mass is 10.1. The van der Waals surface area contributed by atoms with Crippen LogP contribution in [0.25, 0.3) is 0 Å². The Labute approximate surface area is 100 Å². The Morgan fingerprint density at radius 2 is 2.00 bits per heavy atom. The Morgan fingerprint density at radius 3 is 2.65 bits per heavy atom. The van der Waals surface area contributed by atoms with Gasteiger partial charge in [0.1, 0.15) is 5.82 Å². The Morgan fingerprint density at radius 1 is 1.29 bits per heavy atom. The SMILES string of the molecule is Cn1nc(C(N)c2ccccc2)nc1C1CC1. The lowest BCUT2D eigenvalue weighted by molar-refractivity contribution is 0.684. The third kappa shape index (κ3) is 1.96. The van der Waals surface area contributed by atoms with E-state index in [1.165, 1.54) is 12.8 Å². The van der Waals surface area contributed by atoms with E-state index in [4.69, 9.17) is 5.73 Å². The van der Waals surface area contributed by atoms with Gasteiger partial charge < -0.3 is 5.73 Å². The molecule has 0 spiro atoms. The second kappa shape index (κ2) is 3.96. The zero-order chi connectivity index (χ0) is 11.8. The number of benzene rings is 1. The maximum absolute atomic E-state index is 6.18. The Balaban J connectivity index is 1.91. The highest BCUT2D eigenvalue weighted by Gasteiger charge is 2.29. The van der Waals surface area contributed by atoms with E-state index in [0.717, 1.165) is 17.2 Å². The summed E-state index contributed by atoms with van der Waals surface area (Å²) in [5, 5.41) is 4.43. The normalized spacial score (nSPS) is 17.1. The molecule has 4 heteroatoms. The summed E-state index contributed by atoms with van der Waals surface area (Å²) in [6.45, 7) is 0. The smallest absolute Gasteiger partial charge is 0.172 e. The largest absolute Gasteiger partial charge is 0.318 e. The first-order chi connectivity index (χ1) is 8.25. The van der Waals surface area contributed by atoms with E-state index in [2.05, 4.69) is 10.1 Å². The van der Waals surface area contributed by atoms with Crippen LogP contribution in [0.2, 0.25) is 0 Å². The van der Waals surface area contributed by atoms with Gasteiger partial charge in [0.05, 0.1) is 6.04 Å². The quantitative estimate of drug-likeness (QED) is 0.870. The van der Waals surface area contributed by atoms with Crippen molar-refractivity contribution in [2.24, 2.45) is 12.8 Å². The van der Waals surface area contributed by atoms with Crippen LogP contribution in [-0.4, -0.2) is 14.8 Å². The molecule has 1 saturated carbocycles. The molecule has 1 heterocycles. The molecule has 17 heavy (non-hydrogen) atoms. The van der Waals surface area contributed by atoms with Crippen LogP contribution >= 0.6 is 0 Å². The van der Waals surface area contributed by atoms with E-state index in [9.17, 15) is 0 Å². The van der Waals surface area contributed by atoms with Crippen molar-refractivity contribution in [2.45, 2.75) is 24.8 Å². The summed E-state index contributed by atoms with van der Waals surface area (Å²) >= 11 is 0. The summed E-state index contributed by atoms with van der Waals surface area (Å²) < 4.78 is 1.87. The fraction of sp³-hybridized carbons (Fsp3) is 0.385. The highest BCUT2D eigenvalue weighted by atomic mass is 15.3. The molecule has 1 aliphatic carbocycles. The molecule has 2 N–H and O–H groups in total. The summed E-state index contributed by atoms with van der Waals surface area (Å²) in [6.07, 6.45) is 2.46. The highest BCUT2D eigenvalue weighted by molar-refractivity contribution is 5.24. The van der Waals surface area contributed by atoms with Gasteiger partial charge in [-0.25, -0.2) is 4.98 Å². The van der Waals surface area contributed by atoms with Crippen molar-refractivity contribution in [1.29, 1.82) is 0 Å². The predicted molar refractivity (Wildman–Crippen MR) is 65.5 cm³/mol. The molecule has 0 radical (unpaired) electrons. The number of rotatable bonds is 3. The van der Waals surface area contributed by atoms with Crippen molar-refractivity contribution < 1.29 is 0 Å². The van der Waals surface area contributed by atoms with E-state index >= 15 is 0 Å². The van der Waals surface area contributed by atoms with Crippen molar-refractivity contribution in [1.82, 2.24) is 14.8 Å². The first kappa shape index (κ1) is 10.5. The predicted octanol–water partition coefficient (Wildman–Crippen LogP) is 1.74. The average molecular weight is 228 g/mol. The van der Waals surface area contributed by atoms with Crippen molar-refractivity contribution in [2.75, 3.05) is 0 Å². The minimum atomic E-state index is -0.227. The van der Waals surface area contributed by atoms with Crippen molar-refractivity contribution in [3.05, 3.63) is 47.5 Å². The van der Waals surface area contributed by atoms with Gasteiger partial charge in [-0.2, -0.15) is 5.10 Å². The van der Waals surface area contributed by atoms with Gasteiger partial charge in [0.2, 0.25) is 0 Å². The molecule has 1 aromatic carbocycles. The van der Waals surface area contributed by atoms with Gasteiger partial charge in [0.25, 0.3) is 0 Å². The van der Waals surface area contributed by atoms with E-state index < -0.39 is 0 Å². The maximum Gasteiger partial charge on any atom is 0.172 e. The Bertz CT molecular complexity index is 513. The molecule has 1 aliphatic rings. The van der Waals surface area contributed by atoms with Gasteiger partial charge in [0.15, 0.2) is 5.82 Å². The molecule has 4 nitrogen and oxygen atoms in total. The number of aryl methyl sites for hydroxylation is 1. The number of nitrogens with two attached hydrogens (primary N) is 1. The molecular weight excluding hydrogens is 212 g/mol. The molecule has 3 rings (SSSR count). The minimum Gasteiger partial charge on any atom is -0.318 e. The van der Waals surface area contributed by atoms with Crippen molar-refractivity contribution in [3.63, 3.8) is 0 Å². The third-order valence-corrected chi connectivity index (χ3v) is 3.19. The minimum absolute atomic E-state index is 0.227. The van der Waals surface area contributed by atoms with Gasteiger partial charge >= 0.3 is 0 Å². The lowest BCUT2D eigenvalue weighted by Gasteiger charge is -2.06. The molecule has 1 atom stereocenters. The van der Waals surface area contributed by atoms with Crippen LogP contribution < -0.4 is 5.73 Å². The first-order valence-corrected chi connectivity index (χ1v) is 5.97. The topological polar surface area (TPSA) is 56.7 Å². The van der Waals surface area contributed by atoms with Gasteiger partial charge in [-0.05, 0) is 18.4 Å². The van der Waals surface area contributed by atoms with Crippen LogP contribution in [0.15, 0.2) is 30.3 Å². The summed E-state index contributed by atoms with van der Waals surface area (Å²) in [7, 11) is 1.95. The van der Waals surface area contributed by atoms with E-state index in [0.29, 0.717) is 5.92 Å². The molecule has 0 amide bonds. The van der Waals surface area contributed by atoms with Crippen LogP contribution in [0.4, 0.5) is 0 Å². The highest BCUT2D eigenvalue weighted by Crippen LogP contribution is 2.39. The Kier molecular flexibility index (Phi) is 2.44. The van der Waals surface area contributed by atoms with E-state index in [-0.39, 0.29) is 6.04 Å². The van der Waals surface area contributed by atoms with Gasteiger partial charge in [0, 0.05) is 13.0 Å². The fourth-order valence-corrected chi connectivity index (χ4v) is 2.06. The molecule has 1 unspecified atom stereocenters.